The lowest BCUT2D eigenvalue weighted by molar-refractivity contribution is -0.181. The second-order valence-corrected chi connectivity index (χ2v) is 13.1. The lowest BCUT2D eigenvalue weighted by atomic mass is 9.52. The van der Waals surface area contributed by atoms with Crippen molar-refractivity contribution in [2.45, 2.75) is 45.3 Å². The van der Waals surface area contributed by atoms with Gasteiger partial charge in [-0.3, -0.25) is 33.7 Å². The van der Waals surface area contributed by atoms with Crippen LogP contribution in [0.2, 0.25) is 0 Å². The van der Waals surface area contributed by atoms with Crippen molar-refractivity contribution in [2.24, 2.45) is 34.8 Å². The number of rotatable bonds is 5. The zero-order valence-corrected chi connectivity index (χ0v) is 24.4. The number of hydrogen-bond donors (Lipinski definition) is 4. The number of nitrogens with zero attached hydrogens (tertiary/aromatic N) is 2. The number of carbonyl (C=O) groups is 6. The van der Waals surface area contributed by atoms with Crippen LogP contribution in [0.25, 0.3) is 0 Å². The van der Waals surface area contributed by atoms with Crippen LogP contribution in [0.3, 0.4) is 0 Å². The third-order valence-corrected chi connectivity index (χ3v) is 8.54. The summed E-state index contributed by atoms with van der Waals surface area (Å²) in [5, 5.41) is 25.7. The fourth-order valence-corrected chi connectivity index (χ4v) is 6.66. The largest absolute Gasteiger partial charge is 0.506 e. The molecular weight excluding hydrogens is 532 g/mol. The zero-order valence-electron chi connectivity index (χ0n) is 24.4. The van der Waals surface area contributed by atoms with Crippen LogP contribution in [0.15, 0.2) is 6.07 Å². The van der Waals surface area contributed by atoms with Gasteiger partial charge in [0.1, 0.15) is 5.75 Å². The van der Waals surface area contributed by atoms with Crippen LogP contribution in [0, 0.1) is 29.1 Å². The minimum Gasteiger partial charge on any atom is -0.506 e. The van der Waals surface area contributed by atoms with E-state index in [2.05, 4.69) is 5.32 Å². The SMILES string of the molecule is CN(C)c1cc(C(=O)NCC(C)(C)C)c(O)c2c1C[C@H]1C[C@H]3[C@H](N(C)C)C(=O)C(C(N)=O)C(=O)[C@@]3(O)C(=O)C1C2=O. The number of phenols is 1. The molecule has 222 valence electrons. The highest BCUT2D eigenvalue weighted by molar-refractivity contribution is 6.32. The van der Waals surface area contributed by atoms with E-state index in [0.717, 1.165) is 0 Å². The van der Waals surface area contributed by atoms with Crippen molar-refractivity contribution in [1.82, 2.24) is 10.2 Å². The Morgan fingerprint density at radius 2 is 1.71 bits per heavy atom. The third-order valence-electron chi connectivity index (χ3n) is 8.54. The van der Waals surface area contributed by atoms with Crippen molar-refractivity contribution in [3.63, 3.8) is 0 Å². The molecule has 2 saturated carbocycles. The molecule has 1 aromatic rings. The monoisotopic (exact) mass is 570 g/mol. The Morgan fingerprint density at radius 3 is 2.22 bits per heavy atom. The number of phenolic OH excluding ortho intramolecular Hbond substituents is 1. The number of aromatic hydroxyl groups is 1. The predicted molar refractivity (Wildman–Crippen MR) is 147 cm³/mol. The summed E-state index contributed by atoms with van der Waals surface area (Å²) in [6.45, 7) is 6.06. The van der Waals surface area contributed by atoms with Gasteiger partial charge in [0.2, 0.25) is 5.91 Å². The van der Waals surface area contributed by atoms with Crippen molar-refractivity contribution >= 4 is 40.6 Å². The van der Waals surface area contributed by atoms with Crippen LogP contribution in [-0.4, -0.2) is 96.4 Å². The van der Waals surface area contributed by atoms with Crippen molar-refractivity contribution in [2.75, 3.05) is 39.6 Å². The molecule has 4 rings (SSSR count). The Bertz CT molecular complexity index is 1380. The van der Waals surface area contributed by atoms with E-state index in [0.29, 0.717) is 17.8 Å². The Morgan fingerprint density at radius 1 is 1.10 bits per heavy atom. The molecule has 0 aromatic heterocycles. The number of ketones is 4. The number of Topliss-reactive ketones (excluding diaryl/α,β-unsaturated/α-hetero) is 4. The summed E-state index contributed by atoms with van der Waals surface area (Å²) in [6, 6.07) is 0.321. The number of primary amides is 1. The van der Waals surface area contributed by atoms with Gasteiger partial charge >= 0.3 is 0 Å². The minimum absolute atomic E-state index is 0.0503. The lowest BCUT2D eigenvalue weighted by Crippen LogP contribution is -2.74. The Kier molecular flexibility index (Phi) is 7.41. The van der Waals surface area contributed by atoms with E-state index in [1.54, 1.807) is 19.0 Å². The number of nitrogens with two attached hydrogens (primary N) is 1. The molecule has 0 aliphatic heterocycles. The maximum atomic E-state index is 14.0. The molecule has 0 bridgehead atoms. The summed E-state index contributed by atoms with van der Waals surface area (Å²) >= 11 is 0. The van der Waals surface area contributed by atoms with Crippen molar-refractivity contribution in [1.29, 1.82) is 0 Å². The molecule has 1 aromatic carbocycles. The fourth-order valence-electron chi connectivity index (χ4n) is 6.66. The number of fused-ring (bicyclic) bond motifs is 3. The molecule has 12 heteroatoms. The summed E-state index contributed by atoms with van der Waals surface area (Å²) in [6.07, 6.45) is 0.0577. The van der Waals surface area contributed by atoms with E-state index in [1.165, 1.54) is 25.1 Å². The van der Waals surface area contributed by atoms with E-state index in [4.69, 9.17) is 5.73 Å². The highest BCUT2D eigenvalue weighted by atomic mass is 16.3. The number of carbonyl (C=O) groups excluding carboxylic acids is 6. The number of benzene rings is 1. The van der Waals surface area contributed by atoms with Gasteiger partial charge in [0.25, 0.3) is 5.91 Å². The topological polar surface area (TPSA) is 187 Å². The van der Waals surface area contributed by atoms with E-state index in [9.17, 15) is 39.0 Å². The molecule has 0 heterocycles. The number of aliphatic hydroxyl groups is 1. The van der Waals surface area contributed by atoms with Crippen LogP contribution in [-0.2, 0) is 25.6 Å². The van der Waals surface area contributed by atoms with E-state index in [-0.39, 0.29) is 29.4 Å². The maximum Gasteiger partial charge on any atom is 0.255 e. The average molecular weight is 571 g/mol. The molecule has 3 aliphatic rings. The second-order valence-electron chi connectivity index (χ2n) is 13.1. The van der Waals surface area contributed by atoms with Crippen molar-refractivity contribution in [3.8, 4) is 5.75 Å². The highest BCUT2D eigenvalue weighted by Gasteiger charge is 2.69. The number of nitrogens with one attached hydrogen (secondary N) is 1. The van der Waals surface area contributed by atoms with Gasteiger partial charge in [-0.2, -0.15) is 0 Å². The van der Waals surface area contributed by atoms with Crippen molar-refractivity contribution < 1.29 is 39.0 Å². The predicted octanol–water partition coefficient (Wildman–Crippen LogP) is -0.291. The summed E-state index contributed by atoms with van der Waals surface area (Å²) in [5.74, 6) is -12.1. The van der Waals surface area contributed by atoms with Gasteiger partial charge < -0.3 is 26.2 Å². The average Bonchev–Trinajstić information content (AvgIpc) is 2.83. The summed E-state index contributed by atoms with van der Waals surface area (Å²) in [5.41, 5.74) is 2.84. The summed E-state index contributed by atoms with van der Waals surface area (Å²) in [4.78, 5) is 83.1. The molecule has 6 atom stereocenters. The molecule has 0 radical (unpaired) electrons. The zero-order chi connectivity index (χ0) is 30.9. The molecule has 2 fully saturated rings. The fraction of sp³-hybridized carbons (Fsp3) is 0.586. The molecular formula is C29H38N4O8. The Balaban J connectivity index is 1.86. The van der Waals surface area contributed by atoms with Gasteiger partial charge in [0.05, 0.1) is 23.1 Å². The van der Waals surface area contributed by atoms with Crippen LogP contribution in [0.4, 0.5) is 5.69 Å². The first kappa shape index (κ1) is 30.3. The van der Waals surface area contributed by atoms with Gasteiger partial charge in [-0.25, -0.2) is 0 Å². The van der Waals surface area contributed by atoms with Crippen LogP contribution in [0.5, 0.6) is 5.75 Å². The maximum absolute atomic E-state index is 14.0. The van der Waals surface area contributed by atoms with Crippen LogP contribution < -0.4 is 16.0 Å². The van der Waals surface area contributed by atoms with E-state index < -0.39 is 76.0 Å². The van der Waals surface area contributed by atoms with Gasteiger partial charge in [-0.1, -0.05) is 20.8 Å². The van der Waals surface area contributed by atoms with Gasteiger partial charge in [0, 0.05) is 32.2 Å². The van der Waals surface area contributed by atoms with Crippen LogP contribution in [0.1, 0.15) is 53.5 Å². The first-order valence-corrected chi connectivity index (χ1v) is 13.5. The summed E-state index contributed by atoms with van der Waals surface area (Å²) in [7, 11) is 6.50. The number of likely N-dealkylation sites (N-methyl/N-ethyl adjacent to an activating group) is 1. The van der Waals surface area contributed by atoms with Gasteiger partial charge in [0.15, 0.2) is 34.7 Å². The van der Waals surface area contributed by atoms with Crippen molar-refractivity contribution in [3.05, 3.63) is 22.8 Å². The highest BCUT2D eigenvalue weighted by Crippen LogP contribution is 2.52. The third kappa shape index (κ3) is 4.62. The lowest BCUT2D eigenvalue weighted by Gasteiger charge is -2.52. The van der Waals surface area contributed by atoms with E-state index >= 15 is 0 Å². The Hall–Kier alpha value is -3.64. The minimum atomic E-state index is -2.81. The Labute approximate surface area is 238 Å². The number of hydrogen-bond acceptors (Lipinski definition) is 10. The number of amides is 2. The molecule has 12 nitrogen and oxygen atoms in total. The first-order valence-electron chi connectivity index (χ1n) is 13.5. The molecule has 3 aliphatic carbocycles. The first-order chi connectivity index (χ1) is 18.8. The second kappa shape index (κ2) is 10.0. The number of anilines is 1. The smallest absolute Gasteiger partial charge is 0.255 e. The molecule has 0 spiro atoms. The molecule has 2 amide bonds. The van der Waals surface area contributed by atoms with Crippen LogP contribution >= 0.6 is 0 Å². The quantitative estimate of drug-likeness (QED) is 0.343. The molecule has 2 unspecified atom stereocenters. The molecule has 0 saturated heterocycles. The van der Waals surface area contributed by atoms with Gasteiger partial charge in [-0.15, -0.1) is 0 Å². The molecule has 5 N–H and O–H groups in total. The summed E-state index contributed by atoms with van der Waals surface area (Å²) < 4.78 is 0. The van der Waals surface area contributed by atoms with E-state index in [1.807, 2.05) is 20.8 Å². The normalized spacial score (nSPS) is 29.5. The van der Waals surface area contributed by atoms with Gasteiger partial charge in [-0.05, 0) is 49.9 Å². The molecule has 41 heavy (non-hydrogen) atoms. The standard InChI is InChI=1S/C29H38N4O8/c1-28(2,3)11-31-27(40)14-10-16(32(4)5)13-8-12-9-15-20(33(6)7)23(36)19(26(30)39)25(38)29(15,41)24(37)17(12)22(35)18(13)21(14)34/h10,12,15,17,19-20,34,41H,8-9,11H2,1-7H3,(H2,30,39)(H,31,40)/t12-,15-,17?,19?,20-,29-/m0/s1.